The van der Waals surface area contributed by atoms with Crippen LogP contribution in [0.4, 0.5) is 0 Å². The zero-order valence-electron chi connectivity index (χ0n) is 18.6. The van der Waals surface area contributed by atoms with E-state index < -0.39 is 0 Å². The van der Waals surface area contributed by atoms with Crippen LogP contribution in [0, 0.1) is 39.0 Å². The number of carbonyl (C=O) groups excluding carboxylic acids is 1. The van der Waals surface area contributed by atoms with Crippen molar-refractivity contribution in [3.8, 4) is 11.8 Å². The molecular formula is C24H32N4O2. The van der Waals surface area contributed by atoms with Crippen molar-refractivity contribution in [1.82, 2.24) is 14.7 Å². The molecule has 0 unspecified atom stereocenters. The summed E-state index contributed by atoms with van der Waals surface area (Å²) in [6.45, 7) is 10.2. The minimum Gasteiger partial charge on any atom is -0.490 e. The first kappa shape index (κ1) is 21.9. The van der Waals surface area contributed by atoms with Gasteiger partial charge >= 0.3 is 0 Å². The van der Waals surface area contributed by atoms with Crippen molar-refractivity contribution in [3.63, 3.8) is 0 Å². The Morgan fingerprint density at radius 3 is 2.67 bits per heavy atom. The fraction of sp³-hybridized carbons (Fsp3) is 0.542. The number of hydrogen-bond donors (Lipinski definition) is 0. The van der Waals surface area contributed by atoms with Crippen molar-refractivity contribution in [2.45, 2.75) is 72.4 Å². The molecule has 1 aliphatic rings. The van der Waals surface area contributed by atoms with Crippen LogP contribution in [0.1, 0.15) is 53.8 Å². The Morgan fingerprint density at radius 2 is 1.97 bits per heavy atom. The number of piperidine rings is 1. The maximum atomic E-state index is 12.8. The van der Waals surface area contributed by atoms with Crippen LogP contribution in [-0.4, -0.2) is 39.8 Å². The van der Waals surface area contributed by atoms with Gasteiger partial charge < -0.3 is 9.64 Å². The molecule has 30 heavy (non-hydrogen) atoms. The summed E-state index contributed by atoms with van der Waals surface area (Å²) in [6.07, 6.45) is 3.53. The lowest BCUT2D eigenvalue weighted by Crippen LogP contribution is -2.41. The lowest BCUT2D eigenvalue weighted by molar-refractivity contribution is -0.132. The van der Waals surface area contributed by atoms with E-state index in [1.165, 1.54) is 5.56 Å². The van der Waals surface area contributed by atoms with Gasteiger partial charge in [-0.2, -0.15) is 10.4 Å². The zero-order valence-corrected chi connectivity index (χ0v) is 18.6. The minimum atomic E-state index is 0.164. The molecule has 3 rings (SSSR count). The smallest absolute Gasteiger partial charge is 0.222 e. The summed E-state index contributed by atoms with van der Waals surface area (Å²) in [5.41, 5.74) is 5.51. The molecule has 0 atom stereocenters. The number of nitriles is 1. The molecule has 1 aromatic carbocycles. The van der Waals surface area contributed by atoms with Gasteiger partial charge in [-0.05, 0) is 56.9 Å². The van der Waals surface area contributed by atoms with E-state index in [0.29, 0.717) is 25.8 Å². The molecule has 2 heterocycles. The molecule has 6 nitrogen and oxygen atoms in total. The number of rotatable bonds is 7. The number of nitrogens with zero attached hydrogens (tertiary/aromatic N) is 4. The molecule has 1 amide bonds. The van der Waals surface area contributed by atoms with Crippen molar-refractivity contribution in [3.05, 3.63) is 46.3 Å². The highest BCUT2D eigenvalue weighted by atomic mass is 16.5. The van der Waals surface area contributed by atoms with Gasteiger partial charge in [-0.15, -0.1) is 0 Å². The van der Waals surface area contributed by atoms with Crippen LogP contribution >= 0.6 is 0 Å². The van der Waals surface area contributed by atoms with Crippen LogP contribution in [0.2, 0.25) is 0 Å². The first-order valence-electron chi connectivity index (χ1n) is 10.8. The Labute approximate surface area is 179 Å². The normalized spacial score (nSPS) is 14.6. The quantitative estimate of drug-likeness (QED) is 0.693. The van der Waals surface area contributed by atoms with Gasteiger partial charge in [0.2, 0.25) is 5.91 Å². The van der Waals surface area contributed by atoms with Crippen LogP contribution in [0.25, 0.3) is 0 Å². The second-order valence-corrected chi connectivity index (χ2v) is 8.25. The van der Waals surface area contributed by atoms with Crippen molar-refractivity contribution in [1.29, 1.82) is 5.26 Å². The zero-order chi connectivity index (χ0) is 21.7. The average molecular weight is 409 g/mol. The van der Waals surface area contributed by atoms with E-state index in [9.17, 15) is 4.79 Å². The number of hydrogen-bond acceptors (Lipinski definition) is 4. The van der Waals surface area contributed by atoms with Crippen LogP contribution in [0.5, 0.6) is 5.75 Å². The standard InChI is InChI=1S/C24H32N4O2/c1-17-6-7-18(2)23(16-17)30-21-10-14-27(15-11-21)24(29)9-8-22-19(3)26-28(20(22)4)13-5-12-25/h6-7,16,21H,5,8-11,13-15H2,1-4H3. The molecule has 2 aromatic rings. The fourth-order valence-electron chi connectivity index (χ4n) is 4.10. The Morgan fingerprint density at radius 1 is 1.23 bits per heavy atom. The predicted octanol–water partition coefficient (Wildman–Crippen LogP) is 4.03. The number of amides is 1. The predicted molar refractivity (Wildman–Crippen MR) is 116 cm³/mol. The van der Waals surface area contributed by atoms with Gasteiger partial charge in [0.05, 0.1) is 24.7 Å². The van der Waals surface area contributed by atoms with E-state index >= 15 is 0 Å². The molecule has 0 radical (unpaired) electrons. The van der Waals surface area contributed by atoms with Gasteiger partial charge in [-0.3, -0.25) is 9.48 Å². The number of benzene rings is 1. The van der Waals surface area contributed by atoms with Gasteiger partial charge in [-0.1, -0.05) is 12.1 Å². The second-order valence-electron chi connectivity index (χ2n) is 8.25. The highest BCUT2D eigenvalue weighted by Crippen LogP contribution is 2.24. The highest BCUT2D eigenvalue weighted by molar-refractivity contribution is 5.76. The molecule has 6 heteroatoms. The second kappa shape index (κ2) is 9.80. The Bertz CT molecular complexity index is 933. The fourth-order valence-corrected chi connectivity index (χ4v) is 4.10. The van der Waals surface area contributed by atoms with Gasteiger partial charge in [-0.25, -0.2) is 0 Å². The summed E-state index contributed by atoms with van der Waals surface area (Å²) in [5.74, 6) is 1.16. The van der Waals surface area contributed by atoms with Crippen LogP contribution < -0.4 is 4.74 Å². The van der Waals surface area contributed by atoms with Crippen LogP contribution in [-0.2, 0) is 17.8 Å². The van der Waals surface area contributed by atoms with E-state index in [2.05, 4.69) is 43.2 Å². The van der Waals surface area contributed by atoms with E-state index in [4.69, 9.17) is 10.00 Å². The summed E-state index contributed by atoms with van der Waals surface area (Å²) >= 11 is 0. The lowest BCUT2D eigenvalue weighted by atomic mass is 10.0. The maximum Gasteiger partial charge on any atom is 0.222 e. The molecule has 0 saturated carbocycles. The molecule has 1 aromatic heterocycles. The molecule has 1 aliphatic heterocycles. The Kier molecular flexibility index (Phi) is 7.15. The topological polar surface area (TPSA) is 71.2 Å². The summed E-state index contributed by atoms with van der Waals surface area (Å²) in [6, 6.07) is 8.44. The lowest BCUT2D eigenvalue weighted by Gasteiger charge is -2.32. The highest BCUT2D eigenvalue weighted by Gasteiger charge is 2.24. The third kappa shape index (κ3) is 5.21. The first-order valence-corrected chi connectivity index (χ1v) is 10.8. The van der Waals surface area contributed by atoms with Crippen LogP contribution in [0.15, 0.2) is 18.2 Å². The van der Waals surface area contributed by atoms with E-state index in [1.54, 1.807) is 0 Å². The van der Waals surface area contributed by atoms with Crippen molar-refractivity contribution in [2.24, 2.45) is 0 Å². The first-order chi connectivity index (χ1) is 14.4. The molecule has 0 bridgehead atoms. The van der Waals surface area contributed by atoms with Crippen molar-refractivity contribution < 1.29 is 9.53 Å². The van der Waals surface area contributed by atoms with Gasteiger partial charge in [0.15, 0.2) is 0 Å². The monoisotopic (exact) mass is 408 g/mol. The van der Waals surface area contributed by atoms with E-state index in [-0.39, 0.29) is 12.0 Å². The summed E-state index contributed by atoms with van der Waals surface area (Å²) in [7, 11) is 0. The molecule has 1 fully saturated rings. The summed E-state index contributed by atoms with van der Waals surface area (Å²) < 4.78 is 8.10. The van der Waals surface area contributed by atoms with Gasteiger partial charge in [0, 0.05) is 38.0 Å². The SMILES string of the molecule is Cc1ccc(C)c(OC2CCN(C(=O)CCc3c(C)nn(CCC#N)c3C)CC2)c1. The van der Waals surface area contributed by atoms with E-state index in [1.807, 2.05) is 23.4 Å². The number of carbonyl (C=O) groups is 1. The molecule has 1 saturated heterocycles. The minimum absolute atomic E-state index is 0.164. The molecule has 0 spiro atoms. The molecule has 0 N–H and O–H groups in total. The third-order valence-corrected chi connectivity index (χ3v) is 5.99. The van der Waals surface area contributed by atoms with E-state index in [0.717, 1.165) is 54.2 Å². The number of likely N-dealkylation sites (tertiary alicyclic amines) is 1. The Balaban J connectivity index is 1.50. The summed E-state index contributed by atoms with van der Waals surface area (Å²) in [5, 5.41) is 13.3. The van der Waals surface area contributed by atoms with Gasteiger partial charge in [0.1, 0.15) is 11.9 Å². The van der Waals surface area contributed by atoms with Gasteiger partial charge in [0.25, 0.3) is 0 Å². The summed E-state index contributed by atoms with van der Waals surface area (Å²) in [4.78, 5) is 14.7. The molecular weight excluding hydrogens is 376 g/mol. The number of aromatic nitrogens is 2. The Hall–Kier alpha value is -2.81. The average Bonchev–Trinajstić information content (AvgIpc) is 3.00. The van der Waals surface area contributed by atoms with Crippen molar-refractivity contribution in [2.75, 3.05) is 13.1 Å². The molecule has 0 aliphatic carbocycles. The van der Waals surface area contributed by atoms with Crippen LogP contribution in [0.3, 0.4) is 0 Å². The van der Waals surface area contributed by atoms with Crippen molar-refractivity contribution >= 4 is 5.91 Å². The maximum absolute atomic E-state index is 12.8. The number of ether oxygens (including phenoxy) is 1. The third-order valence-electron chi connectivity index (χ3n) is 5.99. The molecule has 160 valence electrons. The largest absolute Gasteiger partial charge is 0.490 e. The number of aryl methyl sites for hydroxylation is 4.